The number of anilines is 2. The number of piperazine rings is 1. The number of amides is 1. The van der Waals surface area contributed by atoms with Gasteiger partial charge in [-0.15, -0.1) is 12.4 Å². The molecule has 1 aromatic rings. The van der Waals surface area contributed by atoms with E-state index in [0.717, 1.165) is 19.2 Å². The third-order valence-electron chi connectivity index (χ3n) is 4.17. The zero-order valence-corrected chi connectivity index (χ0v) is 15.3. The molecule has 0 radical (unpaired) electrons. The van der Waals surface area contributed by atoms with Crippen LogP contribution in [0.2, 0.25) is 0 Å². The molecule has 0 saturated carbocycles. The second kappa shape index (κ2) is 9.23. The maximum Gasteiger partial charge on any atom is 0.471 e. The van der Waals surface area contributed by atoms with Crippen molar-refractivity contribution < 1.29 is 32.3 Å². The molecular formula is C16H20ClF4N3O3. The van der Waals surface area contributed by atoms with E-state index in [0.29, 0.717) is 18.8 Å². The zero-order chi connectivity index (χ0) is 19.5. The highest BCUT2D eigenvalue weighted by atomic mass is 35.5. The SMILES string of the molecule is CN1CCN(c2ccc(C(=O)O)c(N(CCF)C(=O)C(F)(F)F)c2)CC1.Cl. The van der Waals surface area contributed by atoms with E-state index < -0.39 is 42.5 Å². The van der Waals surface area contributed by atoms with Crippen LogP contribution in [0.1, 0.15) is 10.4 Å². The first-order chi connectivity index (χ1) is 12.1. The highest BCUT2D eigenvalue weighted by Gasteiger charge is 2.43. The molecule has 1 aliphatic rings. The number of carbonyl (C=O) groups is 2. The van der Waals surface area contributed by atoms with Crippen LogP contribution in [-0.2, 0) is 4.79 Å². The summed E-state index contributed by atoms with van der Waals surface area (Å²) < 4.78 is 51.4. The third kappa shape index (κ3) is 5.46. The van der Waals surface area contributed by atoms with Gasteiger partial charge in [-0.3, -0.25) is 4.79 Å². The molecule has 2 rings (SSSR count). The summed E-state index contributed by atoms with van der Waals surface area (Å²) in [6.07, 6.45) is -5.24. The van der Waals surface area contributed by atoms with Crippen LogP contribution in [0.4, 0.5) is 28.9 Å². The number of likely N-dealkylation sites (N-methyl/N-ethyl adjacent to an activating group) is 1. The lowest BCUT2D eigenvalue weighted by atomic mass is 10.1. The van der Waals surface area contributed by atoms with Crippen molar-refractivity contribution in [3.05, 3.63) is 23.8 Å². The number of hydrogen-bond donors (Lipinski definition) is 1. The molecule has 1 aliphatic heterocycles. The van der Waals surface area contributed by atoms with Gasteiger partial charge in [-0.1, -0.05) is 0 Å². The van der Waals surface area contributed by atoms with Gasteiger partial charge >= 0.3 is 18.1 Å². The van der Waals surface area contributed by atoms with Crippen molar-refractivity contribution in [3.8, 4) is 0 Å². The molecule has 0 bridgehead atoms. The van der Waals surface area contributed by atoms with E-state index in [-0.39, 0.29) is 17.3 Å². The van der Waals surface area contributed by atoms with Gasteiger partial charge in [0.25, 0.3) is 0 Å². The molecule has 0 atom stereocenters. The summed E-state index contributed by atoms with van der Waals surface area (Å²) in [5.41, 5.74) is -0.472. The predicted octanol–water partition coefficient (Wildman–Crippen LogP) is 2.42. The van der Waals surface area contributed by atoms with Crippen LogP contribution in [0.5, 0.6) is 0 Å². The zero-order valence-electron chi connectivity index (χ0n) is 14.5. The Morgan fingerprint density at radius 2 is 1.78 bits per heavy atom. The van der Waals surface area contributed by atoms with Gasteiger partial charge in [0.15, 0.2) is 0 Å². The third-order valence-corrected chi connectivity index (χ3v) is 4.17. The maximum absolute atomic E-state index is 12.9. The monoisotopic (exact) mass is 413 g/mol. The van der Waals surface area contributed by atoms with E-state index in [1.165, 1.54) is 12.1 Å². The number of hydrogen-bond acceptors (Lipinski definition) is 4. The smallest absolute Gasteiger partial charge is 0.471 e. The molecule has 0 unspecified atom stereocenters. The Balaban J connectivity index is 0.00000364. The van der Waals surface area contributed by atoms with Gasteiger partial charge in [-0.2, -0.15) is 13.2 Å². The maximum atomic E-state index is 12.9. The van der Waals surface area contributed by atoms with Crippen molar-refractivity contribution in [2.24, 2.45) is 0 Å². The number of halogens is 5. The molecule has 27 heavy (non-hydrogen) atoms. The molecule has 0 aromatic heterocycles. The molecule has 0 spiro atoms. The molecule has 6 nitrogen and oxygen atoms in total. The number of nitrogens with zero attached hydrogens (tertiary/aromatic N) is 3. The van der Waals surface area contributed by atoms with Crippen molar-refractivity contribution in [1.29, 1.82) is 0 Å². The molecular weight excluding hydrogens is 394 g/mol. The van der Waals surface area contributed by atoms with Gasteiger partial charge in [-0.05, 0) is 25.2 Å². The Morgan fingerprint density at radius 1 is 1.19 bits per heavy atom. The van der Waals surface area contributed by atoms with Crippen molar-refractivity contribution in [2.45, 2.75) is 6.18 Å². The minimum atomic E-state index is -5.24. The van der Waals surface area contributed by atoms with Crippen molar-refractivity contribution in [1.82, 2.24) is 4.90 Å². The van der Waals surface area contributed by atoms with E-state index in [9.17, 15) is 32.3 Å². The van der Waals surface area contributed by atoms with E-state index >= 15 is 0 Å². The van der Waals surface area contributed by atoms with E-state index in [4.69, 9.17) is 0 Å². The number of carbonyl (C=O) groups excluding carboxylic acids is 1. The van der Waals surface area contributed by atoms with E-state index in [1.54, 1.807) is 0 Å². The van der Waals surface area contributed by atoms with Gasteiger partial charge in [0.05, 0.1) is 17.8 Å². The van der Waals surface area contributed by atoms with Gasteiger partial charge in [0, 0.05) is 31.9 Å². The van der Waals surface area contributed by atoms with E-state index in [2.05, 4.69) is 4.90 Å². The highest BCUT2D eigenvalue weighted by Crippen LogP contribution is 2.31. The summed E-state index contributed by atoms with van der Waals surface area (Å²) in [7, 11) is 1.93. The lowest BCUT2D eigenvalue weighted by Crippen LogP contribution is -2.45. The van der Waals surface area contributed by atoms with Crippen LogP contribution in [0.15, 0.2) is 18.2 Å². The Hall–Kier alpha value is -2.07. The molecule has 0 aliphatic carbocycles. The predicted molar refractivity (Wildman–Crippen MR) is 94.7 cm³/mol. The average molecular weight is 414 g/mol. The van der Waals surface area contributed by atoms with Crippen LogP contribution in [0, 0.1) is 0 Å². The average Bonchev–Trinajstić information content (AvgIpc) is 2.58. The van der Waals surface area contributed by atoms with Gasteiger partial charge in [0.1, 0.15) is 6.67 Å². The molecule has 152 valence electrons. The van der Waals surface area contributed by atoms with Crippen molar-refractivity contribution in [2.75, 3.05) is 56.2 Å². The topological polar surface area (TPSA) is 64.1 Å². The molecule has 1 N–H and O–H groups in total. The van der Waals surface area contributed by atoms with Crippen LogP contribution in [-0.4, -0.2) is 74.5 Å². The lowest BCUT2D eigenvalue weighted by molar-refractivity contribution is -0.170. The summed E-state index contributed by atoms with van der Waals surface area (Å²) in [4.78, 5) is 27.2. The first kappa shape index (κ1) is 23.0. The number of aromatic carboxylic acids is 1. The largest absolute Gasteiger partial charge is 0.478 e. The molecule has 1 aromatic carbocycles. The summed E-state index contributed by atoms with van der Waals surface area (Å²) in [5.74, 6) is -3.79. The number of alkyl halides is 4. The van der Waals surface area contributed by atoms with Gasteiger partial charge < -0.3 is 19.8 Å². The standard InChI is InChI=1S/C16H19F4N3O3.ClH/c1-21-6-8-22(9-7-21)11-2-3-12(14(24)25)13(10-11)23(5-4-17)15(26)16(18,19)20;/h2-3,10H,4-9H2,1H3,(H,24,25);1H. The normalized spacial score (nSPS) is 15.2. The lowest BCUT2D eigenvalue weighted by Gasteiger charge is -2.35. The molecule has 1 saturated heterocycles. The van der Waals surface area contributed by atoms with Crippen LogP contribution >= 0.6 is 12.4 Å². The Labute approximate surface area is 159 Å². The van der Waals surface area contributed by atoms with E-state index in [1.807, 2.05) is 11.9 Å². The van der Waals surface area contributed by atoms with Gasteiger partial charge in [-0.25, -0.2) is 9.18 Å². The fourth-order valence-electron chi connectivity index (χ4n) is 2.75. The number of benzene rings is 1. The van der Waals surface area contributed by atoms with Crippen molar-refractivity contribution >= 4 is 35.7 Å². The first-order valence-electron chi connectivity index (χ1n) is 7.90. The molecule has 1 fully saturated rings. The second-order valence-electron chi connectivity index (χ2n) is 5.94. The summed E-state index contributed by atoms with van der Waals surface area (Å²) >= 11 is 0. The summed E-state index contributed by atoms with van der Waals surface area (Å²) in [5, 5.41) is 9.27. The summed E-state index contributed by atoms with van der Waals surface area (Å²) in [6.45, 7) is 0.527. The number of rotatable bonds is 5. The van der Waals surface area contributed by atoms with Crippen molar-refractivity contribution in [3.63, 3.8) is 0 Å². The van der Waals surface area contributed by atoms with Gasteiger partial charge in [0.2, 0.25) is 0 Å². The second-order valence-corrected chi connectivity index (χ2v) is 5.94. The van der Waals surface area contributed by atoms with Crippen LogP contribution < -0.4 is 9.80 Å². The minimum absolute atomic E-state index is 0. The number of carboxylic acids is 1. The Morgan fingerprint density at radius 3 is 2.26 bits per heavy atom. The fraction of sp³-hybridized carbons (Fsp3) is 0.500. The Kier molecular flexibility index (Phi) is 7.85. The Bertz CT molecular complexity index is 679. The van der Waals surface area contributed by atoms with Crippen LogP contribution in [0.25, 0.3) is 0 Å². The highest BCUT2D eigenvalue weighted by molar-refractivity contribution is 6.04. The minimum Gasteiger partial charge on any atom is -0.478 e. The first-order valence-corrected chi connectivity index (χ1v) is 7.90. The molecule has 11 heteroatoms. The summed E-state index contributed by atoms with van der Waals surface area (Å²) in [6, 6.07) is 3.82. The fourth-order valence-corrected chi connectivity index (χ4v) is 2.75. The van der Waals surface area contributed by atoms with Crippen LogP contribution in [0.3, 0.4) is 0 Å². The quantitative estimate of drug-likeness (QED) is 0.751. The number of carboxylic acid groups (broad SMARTS) is 1. The molecule has 1 amide bonds. The molecule has 1 heterocycles.